The molecule has 0 saturated heterocycles. The second kappa shape index (κ2) is 7.81. The normalized spacial score (nSPS) is 11.6. The molecule has 0 aliphatic heterocycles. The highest BCUT2D eigenvalue weighted by atomic mass is 35.5. The van der Waals surface area contributed by atoms with Crippen molar-refractivity contribution >= 4 is 62.1 Å². The maximum absolute atomic E-state index is 12.7. The Balaban J connectivity index is 1.99. The molecule has 0 spiro atoms. The second-order valence-electron chi connectivity index (χ2n) is 5.48. The third-order valence-corrected chi connectivity index (χ3v) is 6.31. The molecule has 0 radical (unpaired) electrons. The van der Waals surface area contributed by atoms with Crippen molar-refractivity contribution in [2.75, 3.05) is 4.72 Å². The van der Waals surface area contributed by atoms with Gasteiger partial charge in [0.1, 0.15) is 0 Å². The molecule has 0 saturated carbocycles. The Hall–Kier alpha value is -1.58. The molecule has 3 aromatic rings. The zero-order valence-corrected chi connectivity index (χ0v) is 17.5. The van der Waals surface area contributed by atoms with Crippen molar-refractivity contribution in [1.29, 1.82) is 0 Å². The van der Waals surface area contributed by atoms with Crippen molar-refractivity contribution in [2.45, 2.75) is 11.3 Å². The minimum atomic E-state index is -3.95. The van der Waals surface area contributed by atoms with E-state index in [2.05, 4.69) is 20.1 Å². The van der Waals surface area contributed by atoms with E-state index < -0.39 is 10.0 Å². The van der Waals surface area contributed by atoms with E-state index in [0.29, 0.717) is 11.4 Å². The number of nitrogens with zero attached hydrogens (tertiary/aromatic N) is 4. The molecule has 1 heterocycles. The number of anilines is 1. The molecule has 7 nitrogen and oxygen atoms in total. The number of benzene rings is 2. The van der Waals surface area contributed by atoms with E-state index in [1.165, 1.54) is 29.1 Å². The van der Waals surface area contributed by atoms with Crippen LogP contribution in [0.2, 0.25) is 20.1 Å². The Kier molecular flexibility index (Phi) is 5.83. The van der Waals surface area contributed by atoms with E-state index in [-0.39, 0.29) is 37.1 Å². The Bertz CT molecular complexity index is 1120. The quantitative estimate of drug-likeness (QED) is 0.608. The van der Waals surface area contributed by atoms with Crippen molar-refractivity contribution < 1.29 is 8.42 Å². The Morgan fingerprint density at radius 2 is 1.67 bits per heavy atom. The van der Waals surface area contributed by atoms with Gasteiger partial charge >= 0.3 is 0 Å². The monoisotopic (exact) mass is 465 g/mol. The van der Waals surface area contributed by atoms with Gasteiger partial charge in [-0.05, 0) is 41.1 Å². The molecule has 0 unspecified atom stereocenters. The summed E-state index contributed by atoms with van der Waals surface area (Å²) in [4.78, 5) is 1.25. The zero-order valence-electron chi connectivity index (χ0n) is 13.6. The Morgan fingerprint density at radius 1 is 1.00 bits per heavy atom. The van der Waals surface area contributed by atoms with Crippen molar-refractivity contribution in [3.8, 4) is 0 Å². The molecule has 0 amide bonds. The van der Waals surface area contributed by atoms with Crippen LogP contribution in [0.5, 0.6) is 0 Å². The van der Waals surface area contributed by atoms with Gasteiger partial charge in [0.25, 0.3) is 10.0 Å². The summed E-state index contributed by atoms with van der Waals surface area (Å²) >= 11 is 23.9. The van der Waals surface area contributed by atoms with E-state index in [1.807, 2.05) is 0 Å². The molecule has 2 aromatic carbocycles. The minimum Gasteiger partial charge on any atom is -0.279 e. The van der Waals surface area contributed by atoms with Crippen LogP contribution in [0.25, 0.3) is 0 Å². The summed E-state index contributed by atoms with van der Waals surface area (Å²) in [6.45, 7) is 0. The van der Waals surface area contributed by atoms with Gasteiger partial charge in [0.2, 0.25) is 0 Å². The zero-order chi connectivity index (χ0) is 19.8. The minimum absolute atomic E-state index is 0.0495. The van der Waals surface area contributed by atoms with Gasteiger partial charge < -0.3 is 0 Å². The predicted octanol–water partition coefficient (Wildman–Crippen LogP) is 4.22. The molecule has 12 heteroatoms. The number of nitrogens with one attached hydrogen (secondary N) is 1. The van der Waals surface area contributed by atoms with Crippen LogP contribution in [0, 0.1) is 0 Å². The number of hydrogen-bond acceptors (Lipinski definition) is 5. The van der Waals surface area contributed by atoms with Gasteiger partial charge in [0, 0.05) is 6.42 Å². The largest absolute Gasteiger partial charge is 0.279 e. The summed E-state index contributed by atoms with van der Waals surface area (Å²) in [6.07, 6.45) is 0.198. The van der Waals surface area contributed by atoms with Crippen molar-refractivity contribution in [3.05, 3.63) is 61.8 Å². The molecule has 0 aliphatic carbocycles. The standard InChI is InChI=1S/C15H11Cl4N5O2S/c1-24-21-15(20-23-24)5-8-4-11(17)13(19)7-14(8)22-27(25,26)9-2-3-10(16)12(18)6-9/h2-4,6-7,22H,5H2,1H3. The molecular weight excluding hydrogens is 456 g/mol. The first-order valence-electron chi connectivity index (χ1n) is 7.34. The lowest BCUT2D eigenvalue weighted by Crippen LogP contribution is -2.14. The van der Waals surface area contributed by atoms with Crippen molar-refractivity contribution in [1.82, 2.24) is 20.2 Å². The lowest BCUT2D eigenvalue weighted by Gasteiger charge is -2.14. The molecule has 27 heavy (non-hydrogen) atoms. The molecule has 1 aromatic heterocycles. The maximum atomic E-state index is 12.7. The van der Waals surface area contributed by atoms with Crippen LogP contribution in [-0.4, -0.2) is 28.6 Å². The highest BCUT2D eigenvalue weighted by Crippen LogP contribution is 2.32. The van der Waals surface area contributed by atoms with Crippen LogP contribution in [0.15, 0.2) is 35.2 Å². The Morgan fingerprint density at radius 3 is 2.30 bits per heavy atom. The summed E-state index contributed by atoms with van der Waals surface area (Å²) in [7, 11) is -2.32. The van der Waals surface area contributed by atoms with Crippen LogP contribution < -0.4 is 4.72 Å². The summed E-state index contributed by atoms with van der Waals surface area (Å²) in [5.41, 5.74) is 0.768. The first-order valence-corrected chi connectivity index (χ1v) is 10.3. The number of halogens is 4. The second-order valence-corrected chi connectivity index (χ2v) is 8.79. The molecule has 0 atom stereocenters. The molecule has 142 valence electrons. The van der Waals surface area contributed by atoms with Gasteiger partial charge in [-0.1, -0.05) is 46.4 Å². The van der Waals surface area contributed by atoms with E-state index in [1.54, 1.807) is 13.1 Å². The molecule has 1 N–H and O–H groups in total. The van der Waals surface area contributed by atoms with Crippen LogP contribution in [-0.2, 0) is 23.5 Å². The third kappa shape index (κ3) is 4.64. The number of rotatable bonds is 5. The van der Waals surface area contributed by atoms with Gasteiger partial charge in [-0.25, -0.2) is 8.42 Å². The average molecular weight is 467 g/mol. The SMILES string of the molecule is Cn1nnc(Cc2cc(Cl)c(Cl)cc2NS(=O)(=O)c2ccc(Cl)c(Cl)c2)n1. The van der Waals surface area contributed by atoms with E-state index >= 15 is 0 Å². The Labute approximate surface area is 175 Å². The number of aromatic nitrogens is 4. The smallest absolute Gasteiger partial charge is 0.261 e. The van der Waals surface area contributed by atoms with E-state index in [0.717, 1.165) is 0 Å². The van der Waals surface area contributed by atoms with Gasteiger partial charge in [0.05, 0.1) is 37.7 Å². The fourth-order valence-corrected chi connectivity index (χ4v) is 4.07. The van der Waals surface area contributed by atoms with Gasteiger partial charge in [-0.3, -0.25) is 4.72 Å². The maximum Gasteiger partial charge on any atom is 0.261 e. The highest BCUT2D eigenvalue weighted by Gasteiger charge is 2.19. The summed E-state index contributed by atoms with van der Waals surface area (Å²) in [6, 6.07) is 6.97. The molecule has 3 rings (SSSR count). The number of aryl methyl sites for hydroxylation is 1. The van der Waals surface area contributed by atoms with Crippen molar-refractivity contribution in [3.63, 3.8) is 0 Å². The van der Waals surface area contributed by atoms with E-state index in [4.69, 9.17) is 46.4 Å². The summed E-state index contributed by atoms with van der Waals surface area (Å²) < 4.78 is 28.0. The van der Waals surface area contributed by atoms with Crippen LogP contribution in [0.1, 0.15) is 11.4 Å². The van der Waals surface area contributed by atoms with Gasteiger partial charge in [-0.2, -0.15) is 4.80 Å². The van der Waals surface area contributed by atoms with Crippen molar-refractivity contribution in [2.24, 2.45) is 7.05 Å². The first kappa shape index (κ1) is 20.2. The summed E-state index contributed by atoms with van der Waals surface area (Å²) in [5, 5.41) is 12.6. The molecule has 0 aliphatic rings. The molecule has 0 fully saturated rings. The predicted molar refractivity (Wildman–Crippen MR) is 105 cm³/mol. The fourth-order valence-electron chi connectivity index (χ4n) is 2.24. The number of hydrogen-bond donors (Lipinski definition) is 1. The topological polar surface area (TPSA) is 89.8 Å². The molecule has 0 bridgehead atoms. The third-order valence-electron chi connectivity index (χ3n) is 3.49. The average Bonchev–Trinajstić information content (AvgIpc) is 2.99. The molecular formula is C15H11Cl4N5O2S. The number of tetrazole rings is 1. The van der Waals surface area contributed by atoms with E-state index in [9.17, 15) is 8.42 Å². The van der Waals surface area contributed by atoms with Gasteiger partial charge in [-0.15, -0.1) is 10.2 Å². The first-order chi connectivity index (χ1) is 12.7. The summed E-state index contributed by atoms with van der Waals surface area (Å²) in [5.74, 6) is 0.394. The fraction of sp³-hybridized carbons (Fsp3) is 0.133. The van der Waals surface area contributed by atoms with Crippen LogP contribution in [0.3, 0.4) is 0 Å². The number of sulfonamides is 1. The lowest BCUT2D eigenvalue weighted by molar-refractivity contribution is 0.601. The van der Waals surface area contributed by atoms with Crippen LogP contribution in [0.4, 0.5) is 5.69 Å². The lowest BCUT2D eigenvalue weighted by atomic mass is 10.1. The highest BCUT2D eigenvalue weighted by molar-refractivity contribution is 7.92. The van der Waals surface area contributed by atoms with Crippen LogP contribution >= 0.6 is 46.4 Å². The van der Waals surface area contributed by atoms with Gasteiger partial charge in [0.15, 0.2) is 5.82 Å².